The summed E-state index contributed by atoms with van der Waals surface area (Å²) in [5.41, 5.74) is 1.58. The van der Waals surface area contributed by atoms with E-state index in [9.17, 15) is 9.59 Å². The van der Waals surface area contributed by atoms with E-state index in [0.717, 1.165) is 16.5 Å². The van der Waals surface area contributed by atoms with Crippen molar-refractivity contribution in [2.24, 2.45) is 5.92 Å². The number of amides is 2. The fraction of sp³-hybridized carbons (Fsp3) is 0.458. The zero-order valence-electron chi connectivity index (χ0n) is 18.3. The molecule has 0 saturated heterocycles. The van der Waals surface area contributed by atoms with Gasteiger partial charge < -0.3 is 15.0 Å². The number of benzene rings is 1. The van der Waals surface area contributed by atoms with E-state index in [1.807, 2.05) is 45.0 Å². The van der Waals surface area contributed by atoms with Crippen LogP contribution in [0.1, 0.15) is 50.7 Å². The highest BCUT2D eigenvalue weighted by Gasteiger charge is 2.43. The molecule has 0 bridgehead atoms. The van der Waals surface area contributed by atoms with Crippen LogP contribution >= 0.6 is 15.9 Å². The molecule has 0 spiro atoms. The van der Waals surface area contributed by atoms with E-state index >= 15 is 0 Å². The molecule has 1 N–H and O–H groups in total. The Kier molecular flexibility index (Phi) is 7.70. The number of carbonyl (C=O) groups is 2. The summed E-state index contributed by atoms with van der Waals surface area (Å²) in [6.45, 7) is 6.99. The van der Waals surface area contributed by atoms with Crippen LogP contribution in [0.3, 0.4) is 0 Å². The maximum atomic E-state index is 12.6. The predicted molar refractivity (Wildman–Crippen MR) is 123 cm³/mol. The molecule has 6 nitrogen and oxygen atoms in total. The number of hydrogen-bond donors (Lipinski definition) is 1. The lowest BCUT2D eigenvalue weighted by Gasteiger charge is -2.27. The summed E-state index contributed by atoms with van der Waals surface area (Å²) in [7, 11) is 0. The fourth-order valence-corrected chi connectivity index (χ4v) is 3.71. The van der Waals surface area contributed by atoms with Crippen LogP contribution in [0.25, 0.3) is 0 Å². The first-order valence-corrected chi connectivity index (χ1v) is 11.4. The molecule has 0 aliphatic heterocycles. The normalized spacial score (nSPS) is 17.7. The van der Waals surface area contributed by atoms with E-state index in [1.165, 1.54) is 5.56 Å². The first-order valence-electron chi connectivity index (χ1n) is 10.6. The summed E-state index contributed by atoms with van der Waals surface area (Å²) in [6, 6.07) is 11.9. The number of nitrogens with zero attached hydrogens (tertiary/aromatic N) is 2. The van der Waals surface area contributed by atoms with Gasteiger partial charge in [0.2, 0.25) is 5.91 Å². The van der Waals surface area contributed by atoms with E-state index in [4.69, 9.17) is 4.74 Å². The highest BCUT2D eigenvalue weighted by molar-refractivity contribution is 9.10. The number of rotatable bonds is 8. The zero-order valence-corrected chi connectivity index (χ0v) is 19.9. The van der Waals surface area contributed by atoms with Crippen molar-refractivity contribution in [3.63, 3.8) is 0 Å². The van der Waals surface area contributed by atoms with E-state index in [1.54, 1.807) is 17.3 Å². The smallest absolute Gasteiger partial charge is 0.410 e. The summed E-state index contributed by atoms with van der Waals surface area (Å²) in [5.74, 6) is 0.430. The third-order valence-electron chi connectivity index (χ3n) is 5.08. The molecule has 1 aliphatic rings. The van der Waals surface area contributed by atoms with Gasteiger partial charge in [-0.3, -0.25) is 9.78 Å². The Morgan fingerprint density at radius 2 is 1.97 bits per heavy atom. The van der Waals surface area contributed by atoms with Crippen LogP contribution < -0.4 is 5.32 Å². The van der Waals surface area contributed by atoms with Gasteiger partial charge >= 0.3 is 6.09 Å². The van der Waals surface area contributed by atoms with Crippen molar-refractivity contribution in [1.29, 1.82) is 0 Å². The van der Waals surface area contributed by atoms with E-state index < -0.39 is 5.60 Å². The number of nitrogens with one attached hydrogen (secondary N) is 1. The Morgan fingerprint density at radius 1 is 1.23 bits per heavy atom. The maximum Gasteiger partial charge on any atom is 0.410 e. The van der Waals surface area contributed by atoms with Crippen molar-refractivity contribution in [2.75, 3.05) is 13.1 Å². The standard InChI is InChI=1S/C24H30BrN3O3/c1-24(2,3)31-23(30)28(16-17-6-4-11-26-15-17)13-5-12-27-22(29)21-14-20(21)18-7-9-19(25)10-8-18/h4,6-11,15,20-21H,5,12-14,16H2,1-3H3,(H,27,29). The molecule has 1 heterocycles. The van der Waals surface area contributed by atoms with Crippen LogP contribution in [0.4, 0.5) is 4.79 Å². The molecule has 2 aromatic rings. The third kappa shape index (κ3) is 7.35. The van der Waals surface area contributed by atoms with Gasteiger partial charge in [0.05, 0.1) is 6.54 Å². The predicted octanol–water partition coefficient (Wildman–Crippen LogP) is 4.89. The van der Waals surface area contributed by atoms with E-state index in [-0.39, 0.29) is 17.9 Å². The number of pyridine rings is 1. The van der Waals surface area contributed by atoms with Gasteiger partial charge in [-0.15, -0.1) is 0 Å². The molecule has 7 heteroatoms. The first kappa shape index (κ1) is 23.3. The second kappa shape index (κ2) is 10.3. The van der Waals surface area contributed by atoms with E-state index in [2.05, 4.69) is 38.4 Å². The molecule has 166 valence electrons. The molecule has 31 heavy (non-hydrogen) atoms. The molecule has 1 saturated carbocycles. The molecule has 3 rings (SSSR count). The van der Waals surface area contributed by atoms with Gasteiger partial charge in [-0.1, -0.05) is 34.1 Å². The fourth-order valence-electron chi connectivity index (χ4n) is 3.45. The van der Waals surface area contributed by atoms with Crippen molar-refractivity contribution in [3.8, 4) is 0 Å². The minimum absolute atomic E-state index is 0.0403. The minimum atomic E-state index is -0.563. The Labute approximate surface area is 192 Å². The molecular weight excluding hydrogens is 458 g/mol. The van der Waals surface area contributed by atoms with Gasteiger partial charge in [-0.25, -0.2) is 4.79 Å². The van der Waals surface area contributed by atoms with Crippen LogP contribution in [0.5, 0.6) is 0 Å². The van der Waals surface area contributed by atoms with Gasteiger partial charge in [0, 0.05) is 35.9 Å². The quantitative estimate of drug-likeness (QED) is 0.537. The largest absolute Gasteiger partial charge is 0.444 e. The Balaban J connectivity index is 1.47. The van der Waals surface area contributed by atoms with Crippen molar-refractivity contribution >= 4 is 27.9 Å². The van der Waals surface area contributed by atoms with Crippen molar-refractivity contribution in [1.82, 2.24) is 15.2 Å². The Bertz CT molecular complexity index is 881. The van der Waals surface area contributed by atoms with Crippen LogP contribution in [0.15, 0.2) is 53.3 Å². The molecule has 0 radical (unpaired) electrons. The lowest BCUT2D eigenvalue weighted by atomic mass is 10.1. The number of ether oxygens (including phenoxy) is 1. The lowest BCUT2D eigenvalue weighted by Crippen LogP contribution is -2.38. The minimum Gasteiger partial charge on any atom is -0.444 e. The summed E-state index contributed by atoms with van der Waals surface area (Å²) in [4.78, 5) is 30.9. The van der Waals surface area contributed by atoms with Crippen LogP contribution in [0.2, 0.25) is 0 Å². The molecular formula is C24H30BrN3O3. The first-order chi connectivity index (χ1) is 14.7. The lowest BCUT2D eigenvalue weighted by molar-refractivity contribution is -0.122. The zero-order chi connectivity index (χ0) is 22.4. The van der Waals surface area contributed by atoms with Crippen LogP contribution in [0, 0.1) is 5.92 Å². The van der Waals surface area contributed by atoms with Crippen LogP contribution in [-0.4, -0.2) is 40.6 Å². The van der Waals surface area contributed by atoms with Gasteiger partial charge in [0.15, 0.2) is 0 Å². The number of halogens is 1. The van der Waals surface area contributed by atoms with Crippen molar-refractivity contribution < 1.29 is 14.3 Å². The number of aromatic nitrogens is 1. The maximum absolute atomic E-state index is 12.6. The van der Waals surface area contributed by atoms with Crippen molar-refractivity contribution in [3.05, 3.63) is 64.4 Å². The second-order valence-corrected chi connectivity index (χ2v) is 9.82. The van der Waals surface area contributed by atoms with Gasteiger partial charge in [-0.2, -0.15) is 0 Å². The molecule has 1 aromatic heterocycles. The summed E-state index contributed by atoms with van der Waals surface area (Å²) >= 11 is 3.44. The number of carbonyl (C=O) groups excluding carboxylic acids is 2. The molecule has 2 unspecified atom stereocenters. The van der Waals surface area contributed by atoms with Gasteiger partial charge in [0.1, 0.15) is 5.60 Å². The molecule has 1 fully saturated rings. The summed E-state index contributed by atoms with van der Waals surface area (Å²) in [5, 5.41) is 3.02. The Hall–Kier alpha value is -2.41. The number of hydrogen-bond acceptors (Lipinski definition) is 4. The molecule has 1 aromatic carbocycles. The molecule has 2 atom stereocenters. The summed E-state index contributed by atoms with van der Waals surface area (Å²) < 4.78 is 6.59. The van der Waals surface area contributed by atoms with E-state index in [0.29, 0.717) is 32.0 Å². The average molecular weight is 488 g/mol. The van der Waals surface area contributed by atoms with Gasteiger partial charge in [0.25, 0.3) is 0 Å². The monoisotopic (exact) mass is 487 g/mol. The van der Waals surface area contributed by atoms with Gasteiger partial charge in [-0.05, 0) is 68.9 Å². The average Bonchev–Trinajstić information content (AvgIpc) is 3.51. The molecule has 2 amide bonds. The molecule has 1 aliphatic carbocycles. The Morgan fingerprint density at radius 3 is 2.61 bits per heavy atom. The van der Waals surface area contributed by atoms with Crippen molar-refractivity contribution in [2.45, 2.75) is 51.7 Å². The summed E-state index contributed by atoms with van der Waals surface area (Å²) in [6.07, 6.45) is 4.63. The van der Waals surface area contributed by atoms with Crippen LogP contribution in [-0.2, 0) is 16.1 Å². The SMILES string of the molecule is CC(C)(C)OC(=O)N(CCCNC(=O)C1CC1c1ccc(Br)cc1)Cc1cccnc1. The topological polar surface area (TPSA) is 71.5 Å². The highest BCUT2D eigenvalue weighted by atomic mass is 79.9. The highest BCUT2D eigenvalue weighted by Crippen LogP contribution is 2.47. The third-order valence-corrected chi connectivity index (χ3v) is 5.61. The second-order valence-electron chi connectivity index (χ2n) is 8.91.